The first-order chi connectivity index (χ1) is 12.1. The lowest BCUT2D eigenvalue weighted by molar-refractivity contribution is 0.104. The van der Waals surface area contributed by atoms with E-state index in [4.69, 9.17) is 14.7 Å². The number of hydrogen-bond acceptors (Lipinski definition) is 5. The molecule has 0 bridgehead atoms. The van der Waals surface area contributed by atoms with Gasteiger partial charge in [-0.3, -0.25) is 10.2 Å². The van der Waals surface area contributed by atoms with E-state index in [9.17, 15) is 4.79 Å². The molecular weight excluding hydrogens is 316 g/mol. The Kier molecular flexibility index (Phi) is 5.12. The summed E-state index contributed by atoms with van der Waals surface area (Å²) in [6, 6.07) is 11.0. The van der Waals surface area contributed by atoms with E-state index in [-0.39, 0.29) is 17.2 Å². The zero-order valence-corrected chi connectivity index (χ0v) is 14.5. The molecule has 25 heavy (non-hydrogen) atoms. The molecule has 1 aliphatic rings. The molecule has 5 heteroatoms. The average molecular weight is 338 g/mol. The molecule has 1 heterocycles. The molecular formula is C20H22N2O3. The summed E-state index contributed by atoms with van der Waals surface area (Å²) in [7, 11) is 1.41. The van der Waals surface area contributed by atoms with Crippen molar-refractivity contribution in [1.29, 1.82) is 5.41 Å². The van der Waals surface area contributed by atoms with Gasteiger partial charge in [0.1, 0.15) is 18.5 Å². The van der Waals surface area contributed by atoms with Gasteiger partial charge < -0.3 is 9.25 Å². The highest BCUT2D eigenvalue weighted by Gasteiger charge is 2.31. The zero-order chi connectivity index (χ0) is 17.8. The largest absolute Gasteiger partial charge is 0.461 e. The van der Waals surface area contributed by atoms with Gasteiger partial charge in [-0.25, -0.2) is 0 Å². The van der Waals surface area contributed by atoms with E-state index < -0.39 is 5.78 Å². The van der Waals surface area contributed by atoms with Gasteiger partial charge in [-0.1, -0.05) is 30.3 Å². The number of benzene rings is 1. The predicted octanol–water partition coefficient (Wildman–Crippen LogP) is 4.12. The molecule has 1 N–H and O–H groups in total. The molecule has 0 radical (unpaired) electrons. The van der Waals surface area contributed by atoms with Gasteiger partial charge in [-0.15, -0.1) is 0 Å². The highest BCUT2D eigenvalue weighted by atomic mass is 16.6. The molecule has 2 aromatic rings. The quantitative estimate of drug-likeness (QED) is 0.447. The Bertz CT molecular complexity index is 793. The maximum atomic E-state index is 12.4. The third-order valence-corrected chi connectivity index (χ3v) is 4.67. The van der Waals surface area contributed by atoms with Gasteiger partial charge >= 0.3 is 0 Å². The number of carbonyl (C=O) groups is 1. The van der Waals surface area contributed by atoms with Gasteiger partial charge in [-0.2, -0.15) is 0 Å². The summed E-state index contributed by atoms with van der Waals surface area (Å²) in [6.07, 6.45) is 4.89. The second-order valence-corrected chi connectivity index (χ2v) is 6.52. The molecule has 0 amide bonds. The maximum absolute atomic E-state index is 12.4. The number of rotatable bonds is 8. The molecule has 2 unspecified atom stereocenters. The Morgan fingerprint density at radius 1 is 1.36 bits per heavy atom. The molecule has 3 rings (SSSR count). The van der Waals surface area contributed by atoms with Crippen LogP contribution in [-0.2, 0) is 11.3 Å². The third kappa shape index (κ3) is 4.05. The topological polar surface area (TPSA) is 75.7 Å². The minimum Gasteiger partial charge on any atom is -0.461 e. The third-order valence-electron chi connectivity index (χ3n) is 4.67. The Labute approximate surface area is 147 Å². The molecule has 130 valence electrons. The number of carbonyl (C=O) groups excluding carboxylic acids is 1. The van der Waals surface area contributed by atoms with Crippen LogP contribution in [0.25, 0.3) is 0 Å². The normalized spacial score (nSPS) is 19.5. The Hall–Kier alpha value is -2.69. The maximum Gasteiger partial charge on any atom is 0.248 e. The van der Waals surface area contributed by atoms with Crippen LogP contribution in [0.4, 0.5) is 0 Å². The van der Waals surface area contributed by atoms with E-state index in [1.54, 1.807) is 6.07 Å². The van der Waals surface area contributed by atoms with Gasteiger partial charge in [0.2, 0.25) is 5.78 Å². The standard InChI is InChI=1S/C20H22N2O3/c1-13-11-15(13)9-8-14-5-3-6-16(12-14)19(22-24-2)18(21)20(23)17-7-4-10-25-17/h3-7,10,12-13,15,21H,8-9,11H2,1-2H3. The van der Waals surface area contributed by atoms with Crippen LogP contribution in [0.15, 0.2) is 52.2 Å². The van der Waals surface area contributed by atoms with Gasteiger partial charge in [-0.05, 0) is 54.9 Å². The molecule has 1 fully saturated rings. The highest BCUT2D eigenvalue weighted by molar-refractivity contribution is 6.71. The van der Waals surface area contributed by atoms with Gasteiger partial charge in [0, 0.05) is 5.56 Å². The van der Waals surface area contributed by atoms with Crippen molar-refractivity contribution in [2.24, 2.45) is 17.0 Å². The predicted molar refractivity (Wildman–Crippen MR) is 96.3 cm³/mol. The molecule has 0 spiro atoms. The first-order valence-corrected chi connectivity index (χ1v) is 8.47. The summed E-state index contributed by atoms with van der Waals surface area (Å²) in [4.78, 5) is 17.3. The average Bonchev–Trinajstić information content (AvgIpc) is 3.10. The summed E-state index contributed by atoms with van der Waals surface area (Å²) in [5, 5.41) is 12.1. The fourth-order valence-corrected chi connectivity index (χ4v) is 3.00. The molecule has 1 saturated carbocycles. The fourth-order valence-electron chi connectivity index (χ4n) is 3.00. The summed E-state index contributed by atoms with van der Waals surface area (Å²) in [5.41, 5.74) is 1.85. The molecule has 1 aliphatic carbocycles. The highest BCUT2D eigenvalue weighted by Crippen LogP contribution is 2.41. The lowest BCUT2D eigenvalue weighted by atomic mass is 9.98. The van der Waals surface area contributed by atoms with Gasteiger partial charge in [0.05, 0.1) is 6.26 Å². The van der Waals surface area contributed by atoms with Gasteiger partial charge in [0.15, 0.2) is 5.76 Å². The van der Waals surface area contributed by atoms with Gasteiger partial charge in [0.25, 0.3) is 0 Å². The van der Waals surface area contributed by atoms with Crippen molar-refractivity contribution in [2.45, 2.75) is 26.2 Å². The van der Waals surface area contributed by atoms with Crippen molar-refractivity contribution in [3.8, 4) is 0 Å². The lowest BCUT2D eigenvalue weighted by Crippen LogP contribution is -2.24. The molecule has 0 aliphatic heterocycles. The fraction of sp³-hybridized carbons (Fsp3) is 0.350. The summed E-state index contributed by atoms with van der Waals surface area (Å²) >= 11 is 0. The van der Waals surface area contributed by atoms with E-state index in [0.29, 0.717) is 5.56 Å². The van der Waals surface area contributed by atoms with Crippen molar-refractivity contribution in [3.05, 3.63) is 59.5 Å². The number of hydrogen-bond donors (Lipinski definition) is 1. The second-order valence-electron chi connectivity index (χ2n) is 6.52. The van der Waals surface area contributed by atoms with Crippen LogP contribution < -0.4 is 0 Å². The van der Waals surface area contributed by atoms with Crippen LogP contribution in [0.2, 0.25) is 0 Å². The molecule has 5 nitrogen and oxygen atoms in total. The molecule has 1 aromatic carbocycles. The van der Waals surface area contributed by atoms with Crippen LogP contribution >= 0.6 is 0 Å². The summed E-state index contributed by atoms with van der Waals surface area (Å²) in [6.45, 7) is 2.28. The Morgan fingerprint density at radius 2 is 2.16 bits per heavy atom. The number of aryl methyl sites for hydroxylation is 1. The van der Waals surface area contributed by atoms with Crippen LogP contribution in [0.1, 0.15) is 41.4 Å². The first kappa shape index (κ1) is 17.1. The zero-order valence-electron chi connectivity index (χ0n) is 14.5. The van der Waals surface area contributed by atoms with Crippen LogP contribution in [0.3, 0.4) is 0 Å². The number of Topliss-reactive ketones (excluding diaryl/α,β-unsaturated/α-hetero) is 1. The van der Waals surface area contributed by atoms with E-state index in [2.05, 4.69) is 18.1 Å². The van der Waals surface area contributed by atoms with Crippen molar-refractivity contribution in [1.82, 2.24) is 0 Å². The van der Waals surface area contributed by atoms with E-state index in [1.807, 2.05) is 18.2 Å². The monoisotopic (exact) mass is 338 g/mol. The summed E-state index contributed by atoms with van der Waals surface area (Å²) < 4.78 is 5.10. The smallest absolute Gasteiger partial charge is 0.248 e. The number of nitrogens with one attached hydrogen (secondary N) is 1. The van der Waals surface area contributed by atoms with Crippen LogP contribution in [0.5, 0.6) is 0 Å². The van der Waals surface area contributed by atoms with Crippen LogP contribution in [0, 0.1) is 17.2 Å². The lowest BCUT2D eigenvalue weighted by Gasteiger charge is -2.08. The van der Waals surface area contributed by atoms with Crippen molar-refractivity contribution in [2.75, 3.05) is 7.11 Å². The SMILES string of the molecule is CON=C(C(=N)C(=O)c1ccco1)c1cccc(CCC2CC2C)c1. The minimum atomic E-state index is -0.516. The first-order valence-electron chi connectivity index (χ1n) is 8.47. The number of oxime groups is 1. The molecule has 1 aromatic heterocycles. The number of furan rings is 1. The number of ketones is 1. The van der Waals surface area contributed by atoms with E-state index in [1.165, 1.54) is 37.8 Å². The van der Waals surface area contributed by atoms with E-state index in [0.717, 1.165) is 18.3 Å². The summed E-state index contributed by atoms with van der Waals surface area (Å²) in [5.74, 6) is 1.27. The second kappa shape index (κ2) is 7.47. The Morgan fingerprint density at radius 3 is 2.80 bits per heavy atom. The van der Waals surface area contributed by atoms with E-state index >= 15 is 0 Å². The van der Waals surface area contributed by atoms with Crippen molar-refractivity contribution < 1.29 is 14.0 Å². The molecule has 0 saturated heterocycles. The van der Waals surface area contributed by atoms with Crippen molar-refractivity contribution >= 4 is 17.2 Å². The van der Waals surface area contributed by atoms with Crippen LogP contribution in [-0.4, -0.2) is 24.3 Å². The number of nitrogens with zero attached hydrogens (tertiary/aromatic N) is 1. The molecule has 2 atom stereocenters. The minimum absolute atomic E-state index is 0.118. The Balaban J connectivity index is 1.79. The van der Waals surface area contributed by atoms with Crippen molar-refractivity contribution in [3.63, 3.8) is 0 Å².